The Morgan fingerprint density at radius 3 is 2.47 bits per heavy atom. The molecule has 2 rings (SSSR count). The summed E-state index contributed by atoms with van der Waals surface area (Å²) in [4.78, 5) is 0. The van der Waals surface area contributed by atoms with Crippen LogP contribution in [0, 0.1) is 0 Å². The minimum absolute atomic E-state index is 0.0708. The van der Waals surface area contributed by atoms with E-state index in [-0.39, 0.29) is 6.04 Å². The molecule has 0 bridgehead atoms. The minimum Gasteiger partial charge on any atom is -0.497 e. The second-order valence-corrected chi connectivity index (χ2v) is 6.28. The Kier molecular flexibility index (Phi) is 5.55. The summed E-state index contributed by atoms with van der Waals surface area (Å²) in [6.45, 7) is 2.05. The number of benzene rings is 1. The first kappa shape index (κ1) is 14.7. The lowest BCUT2D eigenvalue weighted by molar-refractivity contribution is 0.128. The van der Waals surface area contributed by atoms with Crippen molar-refractivity contribution in [3.63, 3.8) is 0 Å². The Hall–Kier alpha value is -0.710. The van der Waals surface area contributed by atoms with Gasteiger partial charge in [0.25, 0.3) is 0 Å². The molecule has 0 amide bonds. The molecular weight excluding hydrogens is 258 g/mol. The summed E-state index contributed by atoms with van der Waals surface area (Å²) in [6.07, 6.45) is 1.93. The van der Waals surface area contributed by atoms with E-state index >= 15 is 0 Å². The number of ether oxygens (including phenoxy) is 1. The molecule has 3 nitrogen and oxygen atoms in total. The lowest BCUT2D eigenvalue weighted by Gasteiger charge is -2.29. The fourth-order valence-electron chi connectivity index (χ4n) is 2.42. The van der Waals surface area contributed by atoms with Gasteiger partial charge in [0.05, 0.1) is 13.2 Å². The molecule has 0 spiro atoms. The van der Waals surface area contributed by atoms with E-state index in [1.165, 1.54) is 24.3 Å². The van der Waals surface area contributed by atoms with Crippen LogP contribution in [0.5, 0.6) is 5.75 Å². The SMILES string of the molecule is COc1ccc(C(O)C(C)NC2CCSCC2)cc1. The van der Waals surface area contributed by atoms with E-state index in [2.05, 4.69) is 12.2 Å². The smallest absolute Gasteiger partial charge is 0.118 e. The van der Waals surface area contributed by atoms with Gasteiger partial charge in [-0.3, -0.25) is 0 Å². The summed E-state index contributed by atoms with van der Waals surface area (Å²) in [5, 5.41) is 13.9. The maximum absolute atomic E-state index is 10.4. The van der Waals surface area contributed by atoms with Crippen LogP contribution in [0.3, 0.4) is 0 Å². The largest absolute Gasteiger partial charge is 0.497 e. The third-order valence-corrected chi connectivity index (χ3v) is 4.70. The van der Waals surface area contributed by atoms with Gasteiger partial charge in [-0.2, -0.15) is 11.8 Å². The molecule has 1 aromatic carbocycles. The Bertz CT molecular complexity index is 376. The van der Waals surface area contributed by atoms with Crippen molar-refractivity contribution in [3.8, 4) is 5.75 Å². The Morgan fingerprint density at radius 1 is 1.26 bits per heavy atom. The van der Waals surface area contributed by atoms with Gasteiger partial charge in [0.1, 0.15) is 5.75 Å². The zero-order valence-electron chi connectivity index (χ0n) is 11.6. The van der Waals surface area contributed by atoms with Gasteiger partial charge in [0.15, 0.2) is 0 Å². The molecule has 1 aliphatic rings. The van der Waals surface area contributed by atoms with E-state index < -0.39 is 6.10 Å². The first-order valence-corrected chi connectivity index (χ1v) is 8.02. The average Bonchev–Trinajstić information content (AvgIpc) is 2.47. The number of thioether (sulfide) groups is 1. The second kappa shape index (κ2) is 7.17. The quantitative estimate of drug-likeness (QED) is 0.870. The van der Waals surface area contributed by atoms with E-state index in [4.69, 9.17) is 4.74 Å². The highest BCUT2D eigenvalue weighted by molar-refractivity contribution is 7.99. The van der Waals surface area contributed by atoms with Crippen LogP contribution in [0.15, 0.2) is 24.3 Å². The van der Waals surface area contributed by atoms with Crippen LogP contribution < -0.4 is 10.1 Å². The summed E-state index contributed by atoms with van der Waals surface area (Å²) in [6, 6.07) is 8.26. The fraction of sp³-hybridized carbons (Fsp3) is 0.600. The van der Waals surface area contributed by atoms with E-state index in [0.29, 0.717) is 6.04 Å². The van der Waals surface area contributed by atoms with E-state index in [0.717, 1.165) is 11.3 Å². The molecule has 1 saturated heterocycles. The molecule has 106 valence electrons. The van der Waals surface area contributed by atoms with Gasteiger partial charge in [-0.25, -0.2) is 0 Å². The molecular formula is C15H23NO2S. The van der Waals surface area contributed by atoms with Gasteiger partial charge in [-0.1, -0.05) is 12.1 Å². The van der Waals surface area contributed by atoms with Crippen LogP contribution in [0.25, 0.3) is 0 Å². The van der Waals surface area contributed by atoms with Gasteiger partial charge < -0.3 is 15.2 Å². The molecule has 0 aliphatic carbocycles. The summed E-state index contributed by atoms with van der Waals surface area (Å²) in [5.41, 5.74) is 0.936. The molecule has 1 aliphatic heterocycles. The predicted molar refractivity (Wildman–Crippen MR) is 80.9 cm³/mol. The van der Waals surface area contributed by atoms with Crippen molar-refractivity contribution < 1.29 is 9.84 Å². The lowest BCUT2D eigenvalue weighted by Crippen LogP contribution is -2.41. The van der Waals surface area contributed by atoms with Gasteiger partial charge in [-0.05, 0) is 49.0 Å². The molecule has 0 saturated carbocycles. The van der Waals surface area contributed by atoms with Crippen molar-refractivity contribution in [2.24, 2.45) is 0 Å². The average molecular weight is 281 g/mol. The molecule has 1 heterocycles. The van der Waals surface area contributed by atoms with Crippen molar-refractivity contribution in [1.82, 2.24) is 5.32 Å². The van der Waals surface area contributed by atoms with Crippen LogP contribution in [-0.2, 0) is 0 Å². The van der Waals surface area contributed by atoms with Gasteiger partial charge in [0.2, 0.25) is 0 Å². The van der Waals surface area contributed by atoms with Crippen LogP contribution in [-0.4, -0.2) is 35.8 Å². The fourth-order valence-corrected chi connectivity index (χ4v) is 3.52. The van der Waals surface area contributed by atoms with Gasteiger partial charge in [0, 0.05) is 12.1 Å². The van der Waals surface area contributed by atoms with Crippen molar-refractivity contribution in [3.05, 3.63) is 29.8 Å². The standard InChI is InChI=1S/C15H23NO2S/c1-11(16-13-7-9-19-10-8-13)15(17)12-3-5-14(18-2)6-4-12/h3-6,11,13,15-17H,7-10H2,1-2H3. The maximum Gasteiger partial charge on any atom is 0.118 e. The first-order valence-electron chi connectivity index (χ1n) is 6.86. The zero-order chi connectivity index (χ0) is 13.7. The van der Waals surface area contributed by atoms with Crippen molar-refractivity contribution >= 4 is 11.8 Å². The Labute approximate surface area is 119 Å². The van der Waals surface area contributed by atoms with E-state index in [1.54, 1.807) is 7.11 Å². The van der Waals surface area contributed by atoms with Gasteiger partial charge in [-0.15, -0.1) is 0 Å². The summed E-state index contributed by atoms with van der Waals surface area (Å²) in [7, 11) is 1.65. The Morgan fingerprint density at radius 2 is 1.89 bits per heavy atom. The third-order valence-electron chi connectivity index (χ3n) is 3.65. The number of rotatable bonds is 5. The molecule has 4 heteroatoms. The molecule has 0 aromatic heterocycles. The summed E-state index contributed by atoms with van der Waals surface area (Å²) >= 11 is 2.02. The number of hydrogen-bond donors (Lipinski definition) is 2. The van der Waals surface area contributed by atoms with Crippen molar-refractivity contribution in [2.75, 3.05) is 18.6 Å². The molecule has 2 atom stereocenters. The van der Waals surface area contributed by atoms with Crippen LogP contribution >= 0.6 is 11.8 Å². The number of hydrogen-bond acceptors (Lipinski definition) is 4. The van der Waals surface area contributed by atoms with Crippen molar-refractivity contribution in [1.29, 1.82) is 0 Å². The molecule has 19 heavy (non-hydrogen) atoms. The van der Waals surface area contributed by atoms with Crippen LogP contribution in [0.4, 0.5) is 0 Å². The monoisotopic (exact) mass is 281 g/mol. The normalized spacial score (nSPS) is 19.9. The number of methoxy groups -OCH3 is 1. The van der Waals surface area contributed by atoms with E-state index in [9.17, 15) is 5.11 Å². The first-order chi connectivity index (χ1) is 9.20. The highest BCUT2D eigenvalue weighted by atomic mass is 32.2. The lowest BCUT2D eigenvalue weighted by atomic mass is 10.0. The maximum atomic E-state index is 10.4. The number of nitrogens with one attached hydrogen (secondary N) is 1. The van der Waals surface area contributed by atoms with Crippen molar-refractivity contribution in [2.45, 2.75) is 38.0 Å². The Balaban J connectivity index is 1.91. The molecule has 1 fully saturated rings. The van der Waals surface area contributed by atoms with Crippen LogP contribution in [0.1, 0.15) is 31.4 Å². The number of aliphatic hydroxyl groups is 1. The number of aliphatic hydroxyl groups excluding tert-OH is 1. The van der Waals surface area contributed by atoms with Gasteiger partial charge >= 0.3 is 0 Å². The highest BCUT2D eigenvalue weighted by Gasteiger charge is 2.21. The van der Waals surface area contributed by atoms with Crippen LogP contribution in [0.2, 0.25) is 0 Å². The summed E-state index contributed by atoms with van der Waals surface area (Å²) < 4.78 is 5.13. The van der Waals surface area contributed by atoms with E-state index in [1.807, 2.05) is 36.0 Å². The third kappa shape index (κ3) is 4.13. The topological polar surface area (TPSA) is 41.5 Å². The molecule has 1 aromatic rings. The molecule has 0 radical (unpaired) electrons. The highest BCUT2D eigenvalue weighted by Crippen LogP contribution is 2.22. The minimum atomic E-state index is -0.472. The second-order valence-electron chi connectivity index (χ2n) is 5.06. The molecule has 2 unspecified atom stereocenters. The summed E-state index contributed by atoms with van der Waals surface area (Å²) in [5.74, 6) is 3.27. The molecule has 2 N–H and O–H groups in total. The zero-order valence-corrected chi connectivity index (χ0v) is 12.5. The predicted octanol–water partition coefficient (Wildman–Crippen LogP) is 2.60.